The van der Waals surface area contributed by atoms with Crippen LogP contribution in [-0.4, -0.2) is 24.2 Å². The minimum absolute atomic E-state index is 0.0412. The molecule has 1 saturated heterocycles. The zero-order valence-electron chi connectivity index (χ0n) is 18.2. The van der Waals surface area contributed by atoms with Crippen molar-refractivity contribution in [3.05, 3.63) is 57.6 Å². The number of anilines is 1. The molecule has 1 heterocycles. The molecule has 1 aliphatic heterocycles. The quantitative estimate of drug-likeness (QED) is 0.622. The Hall–Kier alpha value is -2.03. The lowest BCUT2D eigenvalue weighted by molar-refractivity contribution is -0.137. The average molecular weight is 454 g/mol. The van der Waals surface area contributed by atoms with E-state index >= 15 is 0 Å². The van der Waals surface area contributed by atoms with E-state index in [1.807, 2.05) is 34.6 Å². The molecular weight excluding hydrogens is 430 g/mol. The molecule has 0 spiro atoms. The summed E-state index contributed by atoms with van der Waals surface area (Å²) in [5.74, 6) is -0.545. The lowest BCUT2D eigenvalue weighted by Gasteiger charge is -2.32. The van der Waals surface area contributed by atoms with Gasteiger partial charge in [-0.15, -0.1) is 0 Å². The summed E-state index contributed by atoms with van der Waals surface area (Å²) in [7, 11) is -0.660. The van der Waals surface area contributed by atoms with Gasteiger partial charge in [-0.1, -0.05) is 23.2 Å². The van der Waals surface area contributed by atoms with Crippen molar-refractivity contribution < 1.29 is 27.3 Å². The predicted octanol–water partition coefficient (Wildman–Crippen LogP) is 5.53. The molecule has 0 unspecified atom stereocenters. The Kier molecular flexibility index (Phi) is 5.97. The summed E-state index contributed by atoms with van der Waals surface area (Å²) in [6.45, 7) is 10.9. The first-order chi connectivity index (χ1) is 14.1. The van der Waals surface area contributed by atoms with Crippen molar-refractivity contribution in [2.75, 3.05) is 5.32 Å². The minimum Gasteiger partial charge on any atom is -0.399 e. The smallest absolute Gasteiger partial charge is 0.399 e. The van der Waals surface area contributed by atoms with Gasteiger partial charge in [-0.3, -0.25) is 4.79 Å². The second kappa shape index (κ2) is 7.83. The molecule has 4 nitrogen and oxygen atoms in total. The third-order valence-corrected chi connectivity index (χ3v) is 6.31. The van der Waals surface area contributed by atoms with Crippen LogP contribution in [0.5, 0.6) is 0 Å². The fourth-order valence-corrected chi connectivity index (χ4v) is 3.67. The Morgan fingerprint density at radius 1 is 1.03 bits per heavy atom. The molecular formula is C22H24BClF3NO3. The summed E-state index contributed by atoms with van der Waals surface area (Å²) >= 11 is 5.74. The highest BCUT2D eigenvalue weighted by Crippen LogP contribution is 2.40. The lowest BCUT2D eigenvalue weighted by Crippen LogP contribution is -2.41. The third kappa shape index (κ3) is 4.47. The Labute approximate surface area is 185 Å². The number of rotatable bonds is 3. The van der Waals surface area contributed by atoms with E-state index in [2.05, 4.69) is 5.32 Å². The average Bonchev–Trinajstić information content (AvgIpc) is 2.84. The van der Waals surface area contributed by atoms with Gasteiger partial charge in [0, 0.05) is 11.3 Å². The van der Waals surface area contributed by atoms with E-state index in [9.17, 15) is 18.0 Å². The molecule has 0 bridgehead atoms. The third-order valence-electron chi connectivity index (χ3n) is 5.99. The van der Waals surface area contributed by atoms with Gasteiger partial charge >= 0.3 is 13.3 Å². The number of halogens is 4. The molecule has 0 aromatic heterocycles. The van der Waals surface area contributed by atoms with Crippen LogP contribution in [0.4, 0.5) is 18.9 Å². The van der Waals surface area contributed by atoms with Crippen molar-refractivity contribution in [1.29, 1.82) is 0 Å². The molecule has 0 aliphatic carbocycles. The number of carbonyl (C=O) groups is 1. The van der Waals surface area contributed by atoms with E-state index in [1.54, 1.807) is 18.2 Å². The number of alkyl halides is 3. The summed E-state index contributed by atoms with van der Waals surface area (Å²) in [4.78, 5) is 12.8. The van der Waals surface area contributed by atoms with Gasteiger partial charge in [-0.05, 0) is 76.8 Å². The van der Waals surface area contributed by atoms with Crippen LogP contribution < -0.4 is 10.8 Å². The fraction of sp³-hybridized carbons (Fsp3) is 0.409. The Bertz CT molecular complexity index is 1020. The summed E-state index contributed by atoms with van der Waals surface area (Å²) in [5, 5.41) is 2.14. The summed E-state index contributed by atoms with van der Waals surface area (Å²) in [6, 6.07) is 7.48. The first kappa shape index (κ1) is 23.6. The Morgan fingerprint density at radius 2 is 1.61 bits per heavy atom. The molecule has 2 aromatic carbocycles. The van der Waals surface area contributed by atoms with Crippen molar-refractivity contribution in [3.8, 4) is 0 Å². The first-order valence-corrected chi connectivity index (χ1v) is 10.2. The van der Waals surface area contributed by atoms with E-state index in [0.717, 1.165) is 11.6 Å². The summed E-state index contributed by atoms with van der Waals surface area (Å²) < 4.78 is 52.1. The summed E-state index contributed by atoms with van der Waals surface area (Å²) in [6.07, 6.45) is -4.63. The number of aryl methyl sites for hydroxylation is 1. The number of amides is 1. The van der Waals surface area contributed by atoms with E-state index < -0.39 is 41.0 Å². The van der Waals surface area contributed by atoms with Crippen LogP contribution in [0, 0.1) is 13.8 Å². The normalized spacial score (nSPS) is 17.7. The molecule has 1 amide bonds. The van der Waals surface area contributed by atoms with Crippen LogP contribution in [0.25, 0.3) is 0 Å². The van der Waals surface area contributed by atoms with Crippen LogP contribution in [0.2, 0.25) is 5.02 Å². The van der Waals surface area contributed by atoms with Crippen molar-refractivity contribution in [2.45, 2.75) is 58.9 Å². The van der Waals surface area contributed by atoms with Gasteiger partial charge in [0.1, 0.15) is 0 Å². The molecule has 3 rings (SSSR count). The largest absolute Gasteiger partial charge is 0.495 e. The van der Waals surface area contributed by atoms with Gasteiger partial charge in [-0.25, -0.2) is 0 Å². The number of hydrogen-bond donors (Lipinski definition) is 1. The second-order valence-electron chi connectivity index (χ2n) is 8.71. The number of benzene rings is 2. The molecule has 9 heteroatoms. The highest BCUT2D eigenvalue weighted by molar-refractivity contribution is 6.62. The maximum atomic E-state index is 13.3. The molecule has 0 atom stereocenters. The second-order valence-corrected chi connectivity index (χ2v) is 9.11. The van der Waals surface area contributed by atoms with Gasteiger partial charge in [0.2, 0.25) is 0 Å². The first-order valence-electron chi connectivity index (χ1n) is 9.78. The lowest BCUT2D eigenvalue weighted by atomic mass is 9.75. The standard InChI is InChI=1S/C22H24BClF3NO3/c1-12-7-8-14(11-15(12)23-30-20(3,4)21(5,6)31-23)19(29)28-17-10-9-16(24)18(13(17)2)22(25,26)27/h7-11H,1-6H3,(H,28,29). The number of hydrogen-bond acceptors (Lipinski definition) is 3. The molecule has 1 aliphatic rings. The SMILES string of the molecule is Cc1ccc(C(=O)Nc2ccc(Cl)c(C(F)(F)F)c2C)cc1B1OC(C)(C)C(C)(C)O1. The van der Waals surface area contributed by atoms with Gasteiger partial charge < -0.3 is 14.6 Å². The highest BCUT2D eigenvalue weighted by atomic mass is 35.5. The molecule has 1 fully saturated rings. The Morgan fingerprint density at radius 3 is 2.16 bits per heavy atom. The predicted molar refractivity (Wildman–Crippen MR) is 116 cm³/mol. The summed E-state index contributed by atoms with van der Waals surface area (Å²) in [5.41, 5.74) is -0.321. The van der Waals surface area contributed by atoms with E-state index in [-0.39, 0.29) is 16.8 Å². The fourth-order valence-electron chi connectivity index (χ4n) is 3.36. The minimum atomic E-state index is -4.63. The van der Waals surface area contributed by atoms with Gasteiger partial charge in [0.25, 0.3) is 5.91 Å². The zero-order chi connectivity index (χ0) is 23.4. The van der Waals surface area contributed by atoms with Crippen molar-refractivity contribution in [3.63, 3.8) is 0 Å². The topological polar surface area (TPSA) is 47.6 Å². The molecule has 166 valence electrons. The van der Waals surface area contributed by atoms with Crippen molar-refractivity contribution >= 4 is 35.8 Å². The molecule has 2 aromatic rings. The van der Waals surface area contributed by atoms with E-state index in [0.29, 0.717) is 5.46 Å². The van der Waals surface area contributed by atoms with Gasteiger partial charge in [0.05, 0.1) is 21.8 Å². The monoisotopic (exact) mass is 453 g/mol. The van der Waals surface area contributed by atoms with Crippen molar-refractivity contribution in [2.24, 2.45) is 0 Å². The van der Waals surface area contributed by atoms with E-state index in [1.165, 1.54) is 13.0 Å². The van der Waals surface area contributed by atoms with Gasteiger partial charge in [-0.2, -0.15) is 13.2 Å². The zero-order valence-corrected chi connectivity index (χ0v) is 19.0. The van der Waals surface area contributed by atoms with Crippen LogP contribution >= 0.6 is 11.6 Å². The molecule has 0 radical (unpaired) electrons. The van der Waals surface area contributed by atoms with E-state index in [4.69, 9.17) is 20.9 Å². The maximum Gasteiger partial charge on any atom is 0.495 e. The highest BCUT2D eigenvalue weighted by Gasteiger charge is 2.52. The van der Waals surface area contributed by atoms with Crippen LogP contribution in [0.1, 0.15) is 54.7 Å². The maximum absolute atomic E-state index is 13.3. The van der Waals surface area contributed by atoms with Gasteiger partial charge in [0.15, 0.2) is 0 Å². The van der Waals surface area contributed by atoms with Crippen molar-refractivity contribution in [1.82, 2.24) is 0 Å². The molecule has 31 heavy (non-hydrogen) atoms. The Balaban J connectivity index is 1.91. The molecule has 1 N–H and O–H groups in total. The van der Waals surface area contributed by atoms with Crippen LogP contribution in [-0.2, 0) is 15.5 Å². The van der Waals surface area contributed by atoms with Crippen LogP contribution in [0.15, 0.2) is 30.3 Å². The van der Waals surface area contributed by atoms with Crippen LogP contribution in [0.3, 0.4) is 0 Å². The number of nitrogens with one attached hydrogen (secondary N) is 1. The number of carbonyl (C=O) groups excluding carboxylic acids is 1. The molecule has 0 saturated carbocycles.